The molecule has 1 aromatic heterocycles. The van der Waals surface area contributed by atoms with Crippen LogP contribution < -0.4 is 15.4 Å². The fraction of sp³-hybridized carbons (Fsp3) is 0.214. The van der Waals surface area contributed by atoms with Gasteiger partial charge >= 0.3 is 0 Å². The molecule has 4 nitrogen and oxygen atoms in total. The smallest absolute Gasteiger partial charge is 0.262 e. The molecule has 19 heavy (non-hydrogen) atoms. The minimum Gasteiger partial charge on any atom is -0.482 e. The summed E-state index contributed by atoms with van der Waals surface area (Å²) in [6.07, 6.45) is 0. The standard InChI is InChI=1S/C14H14N2O2S/c1-9(10-4-5-19-8-10)15-11-2-3-13-12(6-11)16-14(17)7-18-13/h2-6,8-9,15H,7H2,1H3,(H,16,17). The molecule has 3 rings (SSSR count). The Labute approximate surface area is 115 Å². The van der Waals surface area contributed by atoms with E-state index in [4.69, 9.17) is 4.74 Å². The normalized spacial score (nSPS) is 15.1. The molecule has 2 N–H and O–H groups in total. The molecule has 0 saturated carbocycles. The minimum absolute atomic E-state index is 0.0884. The van der Waals surface area contributed by atoms with E-state index in [0.717, 1.165) is 11.4 Å². The van der Waals surface area contributed by atoms with Gasteiger partial charge in [0.15, 0.2) is 6.61 Å². The van der Waals surface area contributed by atoms with Crippen LogP contribution in [0.2, 0.25) is 0 Å². The van der Waals surface area contributed by atoms with E-state index >= 15 is 0 Å². The predicted molar refractivity (Wildman–Crippen MR) is 76.9 cm³/mol. The third kappa shape index (κ3) is 2.56. The lowest BCUT2D eigenvalue weighted by atomic mass is 10.1. The Balaban J connectivity index is 1.79. The number of benzene rings is 1. The van der Waals surface area contributed by atoms with Gasteiger partial charge in [-0.2, -0.15) is 11.3 Å². The van der Waals surface area contributed by atoms with Crippen LogP contribution in [0.5, 0.6) is 5.75 Å². The summed E-state index contributed by atoms with van der Waals surface area (Å²) >= 11 is 1.68. The van der Waals surface area contributed by atoms with E-state index in [9.17, 15) is 4.79 Å². The van der Waals surface area contributed by atoms with Gasteiger partial charge in [0.2, 0.25) is 0 Å². The zero-order valence-electron chi connectivity index (χ0n) is 10.5. The van der Waals surface area contributed by atoms with E-state index in [1.54, 1.807) is 11.3 Å². The summed E-state index contributed by atoms with van der Waals surface area (Å²) in [7, 11) is 0. The molecule has 0 saturated heterocycles. The van der Waals surface area contributed by atoms with E-state index in [-0.39, 0.29) is 18.6 Å². The van der Waals surface area contributed by atoms with Crippen LogP contribution in [0, 0.1) is 0 Å². The molecule has 0 bridgehead atoms. The molecule has 1 unspecified atom stereocenters. The summed E-state index contributed by atoms with van der Waals surface area (Å²) in [6.45, 7) is 2.20. The first-order valence-electron chi connectivity index (χ1n) is 6.08. The maximum Gasteiger partial charge on any atom is 0.262 e. The van der Waals surface area contributed by atoms with E-state index in [1.807, 2.05) is 18.2 Å². The second kappa shape index (κ2) is 4.93. The van der Waals surface area contributed by atoms with Gasteiger partial charge in [0.25, 0.3) is 5.91 Å². The second-order valence-electron chi connectivity index (χ2n) is 4.47. The molecule has 5 heteroatoms. The van der Waals surface area contributed by atoms with E-state index in [0.29, 0.717) is 5.75 Å². The van der Waals surface area contributed by atoms with Crippen LogP contribution in [0.25, 0.3) is 0 Å². The lowest BCUT2D eigenvalue weighted by Gasteiger charge is -2.20. The first-order valence-corrected chi connectivity index (χ1v) is 7.02. The zero-order valence-corrected chi connectivity index (χ0v) is 11.3. The van der Waals surface area contributed by atoms with Crippen LogP contribution in [0.4, 0.5) is 11.4 Å². The highest BCUT2D eigenvalue weighted by Gasteiger charge is 2.16. The zero-order chi connectivity index (χ0) is 13.2. The fourth-order valence-electron chi connectivity index (χ4n) is 2.03. The third-order valence-corrected chi connectivity index (χ3v) is 3.74. The monoisotopic (exact) mass is 274 g/mol. The van der Waals surface area contributed by atoms with E-state index in [2.05, 4.69) is 34.4 Å². The molecule has 2 heterocycles. The predicted octanol–water partition coefficient (Wildman–Crippen LogP) is 3.25. The highest BCUT2D eigenvalue weighted by molar-refractivity contribution is 7.07. The molecule has 0 fully saturated rings. The Morgan fingerprint density at radius 1 is 1.42 bits per heavy atom. The largest absolute Gasteiger partial charge is 0.482 e. The lowest BCUT2D eigenvalue weighted by molar-refractivity contribution is -0.118. The van der Waals surface area contributed by atoms with E-state index in [1.165, 1.54) is 5.56 Å². The van der Waals surface area contributed by atoms with Gasteiger partial charge in [0, 0.05) is 11.7 Å². The van der Waals surface area contributed by atoms with Crippen molar-refractivity contribution in [2.45, 2.75) is 13.0 Å². The minimum atomic E-state index is -0.115. The number of ether oxygens (including phenoxy) is 1. The highest BCUT2D eigenvalue weighted by atomic mass is 32.1. The number of thiophene rings is 1. The molecular weight excluding hydrogens is 260 g/mol. The number of carbonyl (C=O) groups excluding carboxylic acids is 1. The first kappa shape index (κ1) is 12.0. The number of fused-ring (bicyclic) bond motifs is 1. The van der Waals surface area contributed by atoms with Gasteiger partial charge in [0.05, 0.1) is 5.69 Å². The van der Waals surface area contributed by atoms with Gasteiger partial charge in [-0.25, -0.2) is 0 Å². The Kier molecular flexibility index (Phi) is 3.13. The SMILES string of the molecule is CC(Nc1ccc2c(c1)NC(=O)CO2)c1ccsc1. The van der Waals surface area contributed by atoms with Crippen molar-refractivity contribution in [1.82, 2.24) is 0 Å². The number of amides is 1. The molecule has 1 aliphatic heterocycles. The third-order valence-electron chi connectivity index (χ3n) is 3.04. The van der Waals surface area contributed by atoms with Crippen molar-refractivity contribution in [3.8, 4) is 5.75 Å². The molecule has 2 aromatic rings. The number of nitrogens with one attached hydrogen (secondary N) is 2. The fourth-order valence-corrected chi connectivity index (χ4v) is 2.78. The quantitative estimate of drug-likeness (QED) is 0.903. The van der Waals surface area contributed by atoms with Gasteiger partial charge in [-0.3, -0.25) is 4.79 Å². The van der Waals surface area contributed by atoms with Crippen molar-refractivity contribution in [2.24, 2.45) is 0 Å². The number of anilines is 2. The maximum atomic E-state index is 11.3. The van der Waals surface area contributed by atoms with Crippen LogP contribution in [0.15, 0.2) is 35.0 Å². The van der Waals surface area contributed by atoms with Gasteiger partial charge < -0.3 is 15.4 Å². The van der Waals surface area contributed by atoms with Crippen LogP contribution >= 0.6 is 11.3 Å². The van der Waals surface area contributed by atoms with Crippen molar-refractivity contribution < 1.29 is 9.53 Å². The molecule has 0 aliphatic carbocycles. The molecule has 1 atom stereocenters. The van der Waals surface area contributed by atoms with Crippen LogP contribution in [0.3, 0.4) is 0 Å². The summed E-state index contributed by atoms with van der Waals surface area (Å²) in [5, 5.41) is 10.4. The van der Waals surface area contributed by atoms with Crippen LogP contribution in [-0.4, -0.2) is 12.5 Å². The number of hydrogen-bond donors (Lipinski definition) is 2. The summed E-state index contributed by atoms with van der Waals surface area (Å²) in [5.41, 5.74) is 2.94. The molecule has 1 amide bonds. The molecule has 1 aliphatic rings. The summed E-state index contributed by atoms with van der Waals surface area (Å²) < 4.78 is 5.33. The van der Waals surface area contributed by atoms with Gasteiger partial charge in [-0.05, 0) is 47.5 Å². The first-order chi connectivity index (χ1) is 9.22. The Morgan fingerprint density at radius 2 is 2.32 bits per heavy atom. The summed E-state index contributed by atoms with van der Waals surface area (Å²) in [6, 6.07) is 8.06. The molecule has 0 spiro atoms. The van der Waals surface area contributed by atoms with Crippen LogP contribution in [-0.2, 0) is 4.79 Å². The topological polar surface area (TPSA) is 50.4 Å². The Morgan fingerprint density at radius 3 is 3.11 bits per heavy atom. The van der Waals surface area contributed by atoms with E-state index < -0.39 is 0 Å². The lowest BCUT2D eigenvalue weighted by Crippen LogP contribution is -2.25. The van der Waals surface area contributed by atoms with Crippen molar-refractivity contribution in [1.29, 1.82) is 0 Å². The molecule has 98 valence electrons. The van der Waals surface area contributed by atoms with Crippen molar-refractivity contribution in [3.05, 3.63) is 40.6 Å². The highest BCUT2D eigenvalue weighted by Crippen LogP contribution is 2.31. The summed E-state index contributed by atoms with van der Waals surface area (Å²) in [4.78, 5) is 11.3. The number of carbonyl (C=O) groups is 1. The molecule has 0 radical (unpaired) electrons. The van der Waals surface area contributed by atoms with Crippen LogP contribution in [0.1, 0.15) is 18.5 Å². The van der Waals surface area contributed by atoms with Crippen molar-refractivity contribution in [3.63, 3.8) is 0 Å². The van der Waals surface area contributed by atoms with Crippen molar-refractivity contribution >= 4 is 28.6 Å². The summed E-state index contributed by atoms with van der Waals surface area (Å²) in [5.74, 6) is 0.601. The number of rotatable bonds is 3. The van der Waals surface area contributed by atoms with Gasteiger partial charge in [-0.15, -0.1) is 0 Å². The average Bonchev–Trinajstić information content (AvgIpc) is 2.92. The average molecular weight is 274 g/mol. The maximum absolute atomic E-state index is 11.3. The Bertz CT molecular complexity index is 595. The van der Waals surface area contributed by atoms with Gasteiger partial charge in [0.1, 0.15) is 5.75 Å². The Hall–Kier alpha value is -2.01. The number of hydrogen-bond acceptors (Lipinski definition) is 4. The molecule has 1 aromatic carbocycles. The second-order valence-corrected chi connectivity index (χ2v) is 5.25. The molecular formula is C14H14N2O2S. The van der Waals surface area contributed by atoms with Crippen molar-refractivity contribution in [2.75, 3.05) is 17.2 Å². The van der Waals surface area contributed by atoms with Gasteiger partial charge in [-0.1, -0.05) is 0 Å².